The van der Waals surface area contributed by atoms with Crippen LogP contribution in [0.2, 0.25) is 5.02 Å². The highest BCUT2D eigenvalue weighted by Gasteiger charge is 2.08. The Balaban J connectivity index is 2.81. The van der Waals surface area contributed by atoms with Crippen LogP contribution in [-0.4, -0.2) is 32.0 Å². The first-order valence-electron chi connectivity index (χ1n) is 4.74. The summed E-state index contributed by atoms with van der Waals surface area (Å²) < 4.78 is 22.0. The van der Waals surface area contributed by atoms with Crippen molar-refractivity contribution < 1.29 is 8.42 Å². The first-order valence-corrected chi connectivity index (χ1v) is 8.16. The van der Waals surface area contributed by atoms with Gasteiger partial charge in [-0.1, -0.05) is 11.6 Å². The summed E-state index contributed by atoms with van der Waals surface area (Å²) in [6.07, 6.45) is 1.20. The van der Waals surface area contributed by atoms with Crippen LogP contribution in [0.1, 0.15) is 5.56 Å². The summed E-state index contributed by atoms with van der Waals surface area (Å²) in [7, 11) is -2.97. The van der Waals surface area contributed by atoms with Crippen molar-refractivity contribution in [1.29, 1.82) is 5.41 Å². The molecule has 1 rings (SSSR count). The average molecular weight is 293 g/mol. The highest BCUT2D eigenvalue weighted by molar-refractivity contribution is 8.00. The van der Waals surface area contributed by atoms with E-state index in [0.29, 0.717) is 16.3 Å². The van der Waals surface area contributed by atoms with E-state index in [9.17, 15) is 8.42 Å². The average Bonchev–Trinajstić information content (AvgIpc) is 2.18. The van der Waals surface area contributed by atoms with Crippen LogP contribution >= 0.6 is 23.4 Å². The smallest absolute Gasteiger partial charge is 0.148 e. The molecule has 0 bridgehead atoms. The summed E-state index contributed by atoms with van der Waals surface area (Å²) in [6.45, 7) is 0. The van der Waals surface area contributed by atoms with E-state index in [1.165, 1.54) is 18.0 Å². The van der Waals surface area contributed by atoms with Crippen molar-refractivity contribution >= 4 is 39.0 Å². The number of halogens is 1. The Kier molecular flexibility index (Phi) is 4.85. The van der Waals surface area contributed by atoms with Crippen LogP contribution in [0.25, 0.3) is 0 Å². The quantitative estimate of drug-likeness (QED) is 0.492. The largest absolute Gasteiger partial charge is 0.384 e. The van der Waals surface area contributed by atoms with Gasteiger partial charge in [0, 0.05) is 27.5 Å². The third kappa shape index (κ3) is 4.97. The maximum Gasteiger partial charge on any atom is 0.148 e. The Hall–Kier alpha value is -0.720. The Morgan fingerprint density at radius 1 is 1.53 bits per heavy atom. The molecule has 0 saturated carbocycles. The normalized spacial score (nSPS) is 11.4. The predicted octanol–water partition coefficient (Wildman–Crippen LogP) is 1.76. The van der Waals surface area contributed by atoms with E-state index in [0.717, 1.165) is 4.90 Å². The van der Waals surface area contributed by atoms with Crippen molar-refractivity contribution in [3.63, 3.8) is 0 Å². The molecule has 4 nitrogen and oxygen atoms in total. The number of benzene rings is 1. The molecule has 3 N–H and O–H groups in total. The number of hydrogen-bond acceptors (Lipinski definition) is 4. The minimum atomic E-state index is -2.97. The second-order valence-electron chi connectivity index (χ2n) is 3.53. The Labute approximate surface area is 110 Å². The van der Waals surface area contributed by atoms with E-state index in [1.807, 2.05) is 0 Å². The SMILES string of the molecule is CS(=O)(=O)CCSc1ccc(Cl)cc1C(=N)N. The first kappa shape index (κ1) is 14.3. The van der Waals surface area contributed by atoms with Crippen molar-refractivity contribution in [3.05, 3.63) is 28.8 Å². The van der Waals surface area contributed by atoms with Gasteiger partial charge in [0.1, 0.15) is 15.7 Å². The van der Waals surface area contributed by atoms with Crippen LogP contribution in [0, 0.1) is 5.41 Å². The van der Waals surface area contributed by atoms with Crippen LogP contribution < -0.4 is 5.73 Å². The maximum atomic E-state index is 11.0. The lowest BCUT2D eigenvalue weighted by Crippen LogP contribution is -2.13. The molecule has 0 spiro atoms. The number of amidine groups is 1. The van der Waals surface area contributed by atoms with Crippen LogP contribution in [0.4, 0.5) is 0 Å². The molecule has 1 aromatic rings. The molecule has 94 valence electrons. The lowest BCUT2D eigenvalue weighted by Gasteiger charge is -2.07. The summed E-state index contributed by atoms with van der Waals surface area (Å²) in [5.41, 5.74) is 5.97. The van der Waals surface area contributed by atoms with E-state index in [4.69, 9.17) is 22.7 Å². The van der Waals surface area contributed by atoms with Gasteiger partial charge < -0.3 is 5.73 Å². The molecule has 0 aliphatic heterocycles. The minimum absolute atomic E-state index is 0.0747. The topological polar surface area (TPSA) is 84.0 Å². The third-order valence-electron chi connectivity index (χ3n) is 1.94. The molecule has 1 aromatic carbocycles. The summed E-state index contributed by atoms with van der Waals surface area (Å²) in [5.74, 6) is 0.452. The molecule has 17 heavy (non-hydrogen) atoms. The zero-order chi connectivity index (χ0) is 13.1. The summed E-state index contributed by atoms with van der Waals surface area (Å²) in [6, 6.07) is 5.04. The van der Waals surface area contributed by atoms with E-state index >= 15 is 0 Å². The van der Waals surface area contributed by atoms with Crippen molar-refractivity contribution in [2.75, 3.05) is 17.8 Å². The van der Waals surface area contributed by atoms with Gasteiger partial charge in [-0.2, -0.15) is 0 Å². The van der Waals surface area contributed by atoms with E-state index in [1.54, 1.807) is 18.2 Å². The molecule has 0 aromatic heterocycles. The molecule has 0 aliphatic rings. The Bertz CT molecular complexity index is 529. The fourth-order valence-electron chi connectivity index (χ4n) is 1.14. The van der Waals surface area contributed by atoms with Gasteiger partial charge in [-0.25, -0.2) is 8.42 Å². The maximum absolute atomic E-state index is 11.0. The molecular formula is C10H13ClN2O2S2. The number of nitrogens with one attached hydrogen (secondary N) is 1. The van der Waals surface area contributed by atoms with E-state index in [-0.39, 0.29) is 11.6 Å². The Morgan fingerprint density at radius 2 is 2.18 bits per heavy atom. The van der Waals surface area contributed by atoms with Crippen molar-refractivity contribution in [2.24, 2.45) is 5.73 Å². The number of nitrogen functional groups attached to an aromatic ring is 1. The monoisotopic (exact) mass is 292 g/mol. The van der Waals surface area contributed by atoms with Gasteiger partial charge in [0.15, 0.2) is 0 Å². The van der Waals surface area contributed by atoms with Crippen molar-refractivity contribution in [3.8, 4) is 0 Å². The summed E-state index contributed by atoms with van der Waals surface area (Å²) >= 11 is 7.16. The number of rotatable bonds is 5. The van der Waals surface area contributed by atoms with Gasteiger partial charge in [0.25, 0.3) is 0 Å². The van der Waals surface area contributed by atoms with Crippen LogP contribution in [0.5, 0.6) is 0 Å². The van der Waals surface area contributed by atoms with E-state index in [2.05, 4.69) is 0 Å². The molecule has 0 aliphatic carbocycles. The standard InChI is InChI=1S/C10H13ClN2O2S2/c1-17(14,15)5-4-16-9-3-2-7(11)6-8(9)10(12)13/h2-3,6H,4-5H2,1H3,(H3,12,13). The van der Waals surface area contributed by atoms with Gasteiger partial charge in [0.2, 0.25) is 0 Å². The summed E-state index contributed by atoms with van der Waals surface area (Å²) in [5, 5.41) is 7.92. The molecule has 0 unspecified atom stereocenters. The van der Waals surface area contributed by atoms with Gasteiger partial charge in [-0.3, -0.25) is 5.41 Å². The molecule has 0 atom stereocenters. The molecule has 7 heteroatoms. The third-order valence-corrected chi connectivity index (χ3v) is 4.46. The fraction of sp³-hybridized carbons (Fsp3) is 0.300. The molecule has 0 saturated heterocycles. The van der Waals surface area contributed by atoms with Crippen LogP contribution in [0.15, 0.2) is 23.1 Å². The number of hydrogen-bond donors (Lipinski definition) is 2. The number of sulfone groups is 1. The van der Waals surface area contributed by atoms with Crippen molar-refractivity contribution in [2.45, 2.75) is 4.90 Å². The number of nitrogens with two attached hydrogens (primary N) is 1. The zero-order valence-electron chi connectivity index (χ0n) is 9.23. The van der Waals surface area contributed by atoms with Gasteiger partial charge in [-0.15, -0.1) is 11.8 Å². The van der Waals surface area contributed by atoms with Crippen molar-refractivity contribution in [1.82, 2.24) is 0 Å². The Morgan fingerprint density at radius 3 is 2.71 bits per heavy atom. The van der Waals surface area contributed by atoms with E-state index < -0.39 is 9.84 Å². The second-order valence-corrected chi connectivity index (χ2v) is 7.37. The lowest BCUT2D eigenvalue weighted by molar-refractivity contribution is 0.603. The highest BCUT2D eigenvalue weighted by Crippen LogP contribution is 2.25. The second kappa shape index (κ2) is 5.75. The van der Waals surface area contributed by atoms with Gasteiger partial charge >= 0.3 is 0 Å². The summed E-state index contributed by atoms with van der Waals surface area (Å²) in [4.78, 5) is 0.769. The fourth-order valence-corrected chi connectivity index (χ4v) is 3.57. The van der Waals surface area contributed by atoms with Crippen LogP contribution in [0.3, 0.4) is 0 Å². The molecule has 0 fully saturated rings. The molecule has 0 amide bonds. The highest BCUT2D eigenvalue weighted by atomic mass is 35.5. The first-order chi connectivity index (χ1) is 7.79. The lowest BCUT2D eigenvalue weighted by atomic mass is 10.2. The van der Waals surface area contributed by atoms with Crippen LogP contribution in [-0.2, 0) is 9.84 Å². The zero-order valence-corrected chi connectivity index (χ0v) is 11.6. The molecule has 0 radical (unpaired) electrons. The minimum Gasteiger partial charge on any atom is -0.384 e. The van der Waals surface area contributed by atoms with Gasteiger partial charge in [-0.05, 0) is 18.2 Å². The predicted molar refractivity (Wildman–Crippen MR) is 72.9 cm³/mol. The van der Waals surface area contributed by atoms with Gasteiger partial charge in [0.05, 0.1) is 5.75 Å². The number of thioether (sulfide) groups is 1. The molecular weight excluding hydrogens is 280 g/mol. The molecule has 0 heterocycles.